The number of likely N-dealkylation sites (tertiary alicyclic amines) is 1. The highest BCUT2D eigenvalue weighted by Crippen LogP contribution is 2.35. The molecule has 0 saturated carbocycles. The summed E-state index contributed by atoms with van der Waals surface area (Å²) in [6.45, 7) is 2.00. The summed E-state index contributed by atoms with van der Waals surface area (Å²) in [4.78, 5) is 35.1. The SMILES string of the molecule is O=C(CSc1nc2sc3c(c2c(=O)n1Cc1ccco1)CCCC3)N1CCCCC1. The lowest BCUT2D eigenvalue weighted by Crippen LogP contribution is -2.37. The van der Waals surface area contributed by atoms with Crippen molar-refractivity contribution >= 4 is 39.2 Å². The minimum absolute atomic E-state index is 0.0104. The zero-order valence-electron chi connectivity index (χ0n) is 16.9. The molecular formula is C22H25N3O3S2. The normalized spacial score (nSPS) is 16.7. The molecule has 30 heavy (non-hydrogen) atoms. The van der Waals surface area contributed by atoms with Crippen LogP contribution in [0.4, 0.5) is 0 Å². The molecule has 3 aromatic heterocycles. The lowest BCUT2D eigenvalue weighted by Gasteiger charge is -2.26. The Labute approximate surface area is 183 Å². The Balaban J connectivity index is 1.50. The van der Waals surface area contributed by atoms with Crippen LogP contribution in [0, 0.1) is 0 Å². The van der Waals surface area contributed by atoms with Gasteiger partial charge in [-0.2, -0.15) is 0 Å². The van der Waals surface area contributed by atoms with Crippen LogP contribution in [-0.2, 0) is 24.2 Å². The Morgan fingerprint density at radius 2 is 2.00 bits per heavy atom. The molecule has 5 rings (SSSR count). The lowest BCUT2D eigenvalue weighted by atomic mass is 9.97. The number of piperidine rings is 1. The number of hydrogen-bond acceptors (Lipinski definition) is 6. The van der Waals surface area contributed by atoms with E-state index in [9.17, 15) is 9.59 Å². The van der Waals surface area contributed by atoms with Gasteiger partial charge in [0.2, 0.25) is 5.91 Å². The predicted molar refractivity (Wildman–Crippen MR) is 119 cm³/mol. The molecule has 0 aromatic carbocycles. The predicted octanol–water partition coefficient (Wildman–Crippen LogP) is 4.08. The molecule has 1 aliphatic heterocycles. The Hall–Kier alpha value is -2.06. The first-order valence-corrected chi connectivity index (χ1v) is 12.5. The zero-order chi connectivity index (χ0) is 20.5. The number of aryl methyl sites for hydroxylation is 2. The third-order valence-corrected chi connectivity index (χ3v) is 8.11. The number of aromatic nitrogens is 2. The van der Waals surface area contributed by atoms with Gasteiger partial charge < -0.3 is 9.32 Å². The van der Waals surface area contributed by atoms with E-state index in [1.807, 2.05) is 17.0 Å². The maximum atomic E-state index is 13.5. The first-order chi connectivity index (χ1) is 14.7. The van der Waals surface area contributed by atoms with Crippen LogP contribution < -0.4 is 5.56 Å². The van der Waals surface area contributed by atoms with E-state index in [0.29, 0.717) is 23.2 Å². The summed E-state index contributed by atoms with van der Waals surface area (Å²) >= 11 is 3.02. The van der Waals surface area contributed by atoms with Crippen LogP contribution in [-0.4, -0.2) is 39.2 Å². The maximum Gasteiger partial charge on any atom is 0.263 e. The van der Waals surface area contributed by atoms with Crippen LogP contribution in [0.5, 0.6) is 0 Å². The fourth-order valence-electron chi connectivity index (χ4n) is 4.39. The van der Waals surface area contributed by atoms with E-state index in [-0.39, 0.29) is 11.5 Å². The maximum absolute atomic E-state index is 13.5. The Bertz CT molecular complexity index is 1110. The van der Waals surface area contributed by atoms with Gasteiger partial charge in [-0.15, -0.1) is 11.3 Å². The second-order valence-corrected chi connectivity index (χ2v) is 10.0. The number of thiophene rings is 1. The second-order valence-electron chi connectivity index (χ2n) is 7.99. The van der Waals surface area contributed by atoms with Crippen molar-refractivity contribution in [3.63, 3.8) is 0 Å². The average molecular weight is 444 g/mol. The summed E-state index contributed by atoms with van der Waals surface area (Å²) in [6.07, 6.45) is 9.24. The molecule has 3 aromatic rings. The third-order valence-electron chi connectivity index (χ3n) is 5.97. The van der Waals surface area contributed by atoms with E-state index in [0.717, 1.165) is 55.4 Å². The van der Waals surface area contributed by atoms with Crippen molar-refractivity contribution in [2.24, 2.45) is 0 Å². The van der Waals surface area contributed by atoms with E-state index < -0.39 is 0 Å². The van der Waals surface area contributed by atoms with Gasteiger partial charge in [-0.1, -0.05) is 11.8 Å². The molecule has 0 atom stereocenters. The van der Waals surface area contributed by atoms with Crippen molar-refractivity contribution < 1.29 is 9.21 Å². The molecule has 2 aliphatic rings. The number of furan rings is 1. The number of hydrogen-bond donors (Lipinski definition) is 0. The third kappa shape index (κ3) is 3.83. The van der Waals surface area contributed by atoms with Gasteiger partial charge >= 0.3 is 0 Å². The van der Waals surface area contributed by atoms with Crippen molar-refractivity contribution in [1.29, 1.82) is 0 Å². The summed E-state index contributed by atoms with van der Waals surface area (Å²) in [6, 6.07) is 3.69. The molecule has 1 saturated heterocycles. The van der Waals surface area contributed by atoms with Gasteiger partial charge in [0.05, 0.1) is 23.9 Å². The van der Waals surface area contributed by atoms with Crippen LogP contribution >= 0.6 is 23.1 Å². The first kappa shape index (κ1) is 19.9. The number of fused-ring (bicyclic) bond motifs is 3. The number of carbonyl (C=O) groups excluding carboxylic acids is 1. The molecule has 0 unspecified atom stereocenters. The summed E-state index contributed by atoms with van der Waals surface area (Å²) < 4.78 is 7.20. The van der Waals surface area contributed by atoms with Gasteiger partial charge in [0.1, 0.15) is 10.6 Å². The minimum Gasteiger partial charge on any atom is -0.467 e. The van der Waals surface area contributed by atoms with Crippen LogP contribution in [0.25, 0.3) is 10.2 Å². The standard InChI is InChI=1S/C22H25N3O3S2/c26-18(24-10-4-1-5-11-24)14-29-22-23-20-19(16-8-2-3-9-17(16)30-20)21(27)25(22)13-15-7-6-12-28-15/h6-7,12H,1-5,8-11,13-14H2. The number of thioether (sulfide) groups is 1. The van der Waals surface area contributed by atoms with Crippen LogP contribution in [0.1, 0.15) is 48.3 Å². The number of nitrogens with zero attached hydrogens (tertiary/aromatic N) is 3. The highest BCUT2D eigenvalue weighted by molar-refractivity contribution is 7.99. The van der Waals surface area contributed by atoms with Gasteiger partial charge in [0, 0.05) is 18.0 Å². The summed E-state index contributed by atoms with van der Waals surface area (Å²) in [5.41, 5.74) is 1.18. The van der Waals surface area contributed by atoms with E-state index in [1.54, 1.807) is 22.2 Å². The number of rotatable bonds is 5. The van der Waals surface area contributed by atoms with Crippen LogP contribution in [0.2, 0.25) is 0 Å². The van der Waals surface area contributed by atoms with Crippen LogP contribution in [0.3, 0.4) is 0 Å². The number of amides is 1. The molecule has 8 heteroatoms. The molecule has 1 aliphatic carbocycles. The Morgan fingerprint density at radius 3 is 2.80 bits per heavy atom. The summed E-state index contributed by atoms with van der Waals surface area (Å²) in [7, 11) is 0. The second kappa shape index (κ2) is 8.59. The highest BCUT2D eigenvalue weighted by Gasteiger charge is 2.24. The molecule has 4 heterocycles. The monoisotopic (exact) mass is 443 g/mol. The molecule has 6 nitrogen and oxygen atoms in total. The molecule has 158 valence electrons. The van der Waals surface area contributed by atoms with Crippen molar-refractivity contribution in [2.45, 2.75) is 56.6 Å². The van der Waals surface area contributed by atoms with Crippen molar-refractivity contribution in [1.82, 2.24) is 14.5 Å². The lowest BCUT2D eigenvalue weighted by molar-refractivity contribution is -0.129. The van der Waals surface area contributed by atoms with Gasteiger partial charge in [-0.05, 0) is 62.6 Å². The molecule has 0 spiro atoms. The van der Waals surface area contributed by atoms with Crippen molar-refractivity contribution in [3.05, 3.63) is 45.0 Å². The zero-order valence-corrected chi connectivity index (χ0v) is 18.5. The Morgan fingerprint density at radius 1 is 1.17 bits per heavy atom. The number of carbonyl (C=O) groups is 1. The molecule has 1 amide bonds. The first-order valence-electron chi connectivity index (χ1n) is 10.7. The van der Waals surface area contributed by atoms with E-state index in [4.69, 9.17) is 9.40 Å². The van der Waals surface area contributed by atoms with Crippen molar-refractivity contribution in [2.75, 3.05) is 18.8 Å². The van der Waals surface area contributed by atoms with Crippen LogP contribution in [0.15, 0.2) is 32.8 Å². The molecule has 1 fully saturated rings. The van der Waals surface area contributed by atoms with E-state index in [1.165, 1.54) is 35.0 Å². The van der Waals surface area contributed by atoms with E-state index >= 15 is 0 Å². The van der Waals surface area contributed by atoms with Gasteiger partial charge in [-0.25, -0.2) is 4.98 Å². The van der Waals surface area contributed by atoms with Gasteiger partial charge in [0.25, 0.3) is 5.56 Å². The largest absolute Gasteiger partial charge is 0.467 e. The summed E-state index contributed by atoms with van der Waals surface area (Å²) in [5.74, 6) is 1.15. The molecule has 0 radical (unpaired) electrons. The minimum atomic E-state index is -0.0104. The van der Waals surface area contributed by atoms with Gasteiger partial charge in [0.15, 0.2) is 5.16 Å². The molecule has 0 N–H and O–H groups in total. The fraction of sp³-hybridized carbons (Fsp3) is 0.500. The topological polar surface area (TPSA) is 68.3 Å². The summed E-state index contributed by atoms with van der Waals surface area (Å²) in [5, 5.41) is 1.38. The highest BCUT2D eigenvalue weighted by atomic mass is 32.2. The fourth-order valence-corrected chi connectivity index (χ4v) is 6.59. The van der Waals surface area contributed by atoms with E-state index in [2.05, 4.69) is 0 Å². The molecular weight excluding hydrogens is 418 g/mol. The average Bonchev–Trinajstić information content (AvgIpc) is 3.42. The quantitative estimate of drug-likeness (QED) is 0.439. The smallest absolute Gasteiger partial charge is 0.263 e. The molecule has 0 bridgehead atoms. The Kier molecular flexibility index (Phi) is 5.69. The van der Waals surface area contributed by atoms with Crippen molar-refractivity contribution in [3.8, 4) is 0 Å². The van der Waals surface area contributed by atoms with Gasteiger partial charge in [-0.3, -0.25) is 14.2 Å².